The standard InChI is InChI=1S/C18H10ClN5/c1-20-17-10-22-16-8-7-12(11-24(16)17)13-4-3-9-21-18(13)14-5-2-6-15(19)23-14/h2-11H. The molecule has 4 heterocycles. The van der Waals surface area contributed by atoms with Crippen molar-refractivity contribution < 1.29 is 0 Å². The molecular weight excluding hydrogens is 322 g/mol. The maximum absolute atomic E-state index is 7.25. The lowest BCUT2D eigenvalue weighted by molar-refractivity contribution is 1.20. The van der Waals surface area contributed by atoms with Crippen LogP contribution in [0.4, 0.5) is 5.82 Å². The highest BCUT2D eigenvalue weighted by Gasteiger charge is 2.13. The van der Waals surface area contributed by atoms with Crippen molar-refractivity contribution in [2.24, 2.45) is 0 Å². The fourth-order valence-corrected chi connectivity index (χ4v) is 2.76. The molecular formula is C18H10ClN5. The Bertz CT molecular complexity index is 1090. The molecule has 4 rings (SSSR count). The van der Waals surface area contributed by atoms with Crippen molar-refractivity contribution in [2.45, 2.75) is 0 Å². The third kappa shape index (κ3) is 2.39. The second kappa shape index (κ2) is 5.76. The van der Waals surface area contributed by atoms with E-state index in [-0.39, 0.29) is 0 Å². The zero-order chi connectivity index (χ0) is 16.5. The van der Waals surface area contributed by atoms with Crippen LogP contribution in [0, 0.1) is 6.57 Å². The van der Waals surface area contributed by atoms with Gasteiger partial charge in [0.25, 0.3) is 5.82 Å². The summed E-state index contributed by atoms with van der Waals surface area (Å²) >= 11 is 6.01. The van der Waals surface area contributed by atoms with Crippen LogP contribution in [0.1, 0.15) is 0 Å². The van der Waals surface area contributed by atoms with Gasteiger partial charge in [0.2, 0.25) is 5.65 Å². The maximum Gasteiger partial charge on any atom is 0.254 e. The van der Waals surface area contributed by atoms with Gasteiger partial charge < -0.3 is 4.85 Å². The van der Waals surface area contributed by atoms with E-state index in [0.717, 1.165) is 22.5 Å². The molecule has 5 nitrogen and oxygen atoms in total. The molecule has 0 aliphatic rings. The van der Waals surface area contributed by atoms with Crippen LogP contribution in [0.5, 0.6) is 0 Å². The highest BCUT2D eigenvalue weighted by Crippen LogP contribution is 2.30. The predicted molar refractivity (Wildman–Crippen MR) is 92.9 cm³/mol. The van der Waals surface area contributed by atoms with Crippen molar-refractivity contribution in [3.63, 3.8) is 0 Å². The Morgan fingerprint density at radius 1 is 1.04 bits per heavy atom. The molecule has 0 bridgehead atoms. The molecule has 0 aliphatic heterocycles. The lowest BCUT2D eigenvalue weighted by atomic mass is 10.0. The lowest BCUT2D eigenvalue weighted by Crippen LogP contribution is -1.93. The Morgan fingerprint density at radius 2 is 1.96 bits per heavy atom. The summed E-state index contributed by atoms with van der Waals surface area (Å²) in [7, 11) is 0. The van der Waals surface area contributed by atoms with Crippen molar-refractivity contribution in [2.75, 3.05) is 0 Å². The zero-order valence-corrected chi connectivity index (χ0v) is 13.1. The molecule has 0 aliphatic carbocycles. The molecule has 6 heteroatoms. The average Bonchev–Trinajstić information content (AvgIpc) is 3.04. The Morgan fingerprint density at radius 3 is 2.79 bits per heavy atom. The number of hydrogen-bond acceptors (Lipinski definition) is 3. The van der Waals surface area contributed by atoms with Gasteiger partial charge in [-0.15, -0.1) is 0 Å². The molecule has 24 heavy (non-hydrogen) atoms. The number of pyridine rings is 3. The van der Waals surface area contributed by atoms with Gasteiger partial charge in [-0.1, -0.05) is 30.3 Å². The second-order valence-electron chi connectivity index (χ2n) is 5.12. The summed E-state index contributed by atoms with van der Waals surface area (Å²) < 4.78 is 1.77. The summed E-state index contributed by atoms with van der Waals surface area (Å²) in [4.78, 5) is 16.5. The molecule has 0 spiro atoms. The Hall–Kier alpha value is -3.23. The Balaban J connectivity index is 1.93. The molecule has 0 atom stereocenters. The van der Waals surface area contributed by atoms with Gasteiger partial charge in [0, 0.05) is 23.4 Å². The molecule has 0 fully saturated rings. The van der Waals surface area contributed by atoms with Crippen molar-refractivity contribution in [3.8, 4) is 22.5 Å². The van der Waals surface area contributed by atoms with Crippen LogP contribution in [-0.2, 0) is 0 Å². The lowest BCUT2D eigenvalue weighted by Gasteiger charge is -2.08. The van der Waals surface area contributed by atoms with E-state index in [0.29, 0.717) is 16.7 Å². The van der Waals surface area contributed by atoms with E-state index < -0.39 is 0 Å². The summed E-state index contributed by atoms with van der Waals surface area (Å²) in [6.45, 7) is 7.25. The van der Waals surface area contributed by atoms with Crippen molar-refractivity contribution in [3.05, 3.63) is 77.6 Å². The normalized spacial score (nSPS) is 10.7. The van der Waals surface area contributed by atoms with Crippen molar-refractivity contribution in [1.82, 2.24) is 19.4 Å². The fourth-order valence-electron chi connectivity index (χ4n) is 2.59. The van der Waals surface area contributed by atoms with Crippen molar-refractivity contribution >= 4 is 23.1 Å². The molecule has 0 saturated heterocycles. The van der Waals surface area contributed by atoms with Crippen LogP contribution in [0.15, 0.2) is 61.1 Å². The van der Waals surface area contributed by atoms with E-state index in [2.05, 4.69) is 19.8 Å². The van der Waals surface area contributed by atoms with E-state index in [1.807, 2.05) is 42.6 Å². The largest absolute Gasteiger partial charge is 0.362 e. The summed E-state index contributed by atoms with van der Waals surface area (Å²) in [5.74, 6) is 0.471. The van der Waals surface area contributed by atoms with Gasteiger partial charge in [0.15, 0.2) is 0 Å². The molecule has 4 aromatic rings. The van der Waals surface area contributed by atoms with E-state index in [1.54, 1.807) is 22.9 Å². The average molecular weight is 332 g/mol. The number of halogens is 1. The highest BCUT2D eigenvalue weighted by atomic mass is 35.5. The van der Waals surface area contributed by atoms with Gasteiger partial charge in [0.1, 0.15) is 5.15 Å². The first-order chi connectivity index (χ1) is 11.8. The molecule has 0 radical (unpaired) electrons. The quantitative estimate of drug-likeness (QED) is 0.396. The highest BCUT2D eigenvalue weighted by molar-refractivity contribution is 6.29. The van der Waals surface area contributed by atoms with Crippen LogP contribution in [0.25, 0.3) is 33.0 Å². The Labute approximate surface area is 143 Å². The topological polar surface area (TPSA) is 47.4 Å². The number of fused-ring (bicyclic) bond motifs is 1. The smallest absolute Gasteiger partial charge is 0.254 e. The van der Waals surface area contributed by atoms with Gasteiger partial charge in [0.05, 0.1) is 23.8 Å². The molecule has 0 aromatic carbocycles. The number of rotatable bonds is 2. The van der Waals surface area contributed by atoms with E-state index >= 15 is 0 Å². The molecule has 0 saturated carbocycles. The van der Waals surface area contributed by atoms with Gasteiger partial charge in [-0.05, 0) is 24.3 Å². The number of aromatic nitrogens is 4. The van der Waals surface area contributed by atoms with Gasteiger partial charge in [-0.3, -0.25) is 4.98 Å². The van der Waals surface area contributed by atoms with Crippen LogP contribution in [0.3, 0.4) is 0 Å². The molecule has 114 valence electrons. The summed E-state index contributed by atoms with van der Waals surface area (Å²) in [5.41, 5.74) is 4.02. The zero-order valence-electron chi connectivity index (χ0n) is 12.4. The minimum absolute atomic E-state index is 0.421. The number of imidazole rings is 1. The SMILES string of the molecule is [C-]#[N+]c1cnc2ccc(-c3cccnc3-c3cccc(Cl)n3)cn12. The van der Waals surface area contributed by atoms with Gasteiger partial charge in [-0.2, -0.15) is 0 Å². The first-order valence-corrected chi connectivity index (χ1v) is 7.57. The third-order valence-corrected chi connectivity index (χ3v) is 3.89. The second-order valence-corrected chi connectivity index (χ2v) is 5.51. The molecule has 4 aromatic heterocycles. The summed E-state index contributed by atoms with van der Waals surface area (Å²) in [6, 6.07) is 13.1. The summed E-state index contributed by atoms with van der Waals surface area (Å²) in [5, 5.41) is 0.421. The Kier molecular flexibility index (Phi) is 3.45. The van der Waals surface area contributed by atoms with Crippen LogP contribution >= 0.6 is 11.6 Å². The molecule has 0 amide bonds. The monoisotopic (exact) mass is 331 g/mol. The summed E-state index contributed by atoms with van der Waals surface area (Å²) in [6.07, 6.45) is 5.18. The van der Waals surface area contributed by atoms with Gasteiger partial charge in [-0.25, -0.2) is 14.4 Å². The van der Waals surface area contributed by atoms with E-state index in [1.165, 1.54) is 0 Å². The number of hydrogen-bond donors (Lipinski definition) is 0. The van der Waals surface area contributed by atoms with Gasteiger partial charge >= 0.3 is 0 Å². The molecule has 0 unspecified atom stereocenters. The van der Waals surface area contributed by atoms with E-state index in [4.69, 9.17) is 18.2 Å². The first kappa shape index (κ1) is 14.4. The van der Waals surface area contributed by atoms with Crippen LogP contribution in [-0.4, -0.2) is 19.4 Å². The van der Waals surface area contributed by atoms with Crippen LogP contribution in [0.2, 0.25) is 5.15 Å². The minimum Gasteiger partial charge on any atom is -0.362 e. The van der Waals surface area contributed by atoms with E-state index in [9.17, 15) is 0 Å². The first-order valence-electron chi connectivity index (χ1n) is 7.19. The maximum atomic E-state index is 7.25. The number of nitrogens with zero attached hydrogens (tertiary/aromatic N) is 5. The molecule has 0 N–H and O–H groups in total. The minimum atomic E-state index is 0.421. The van der Waals surface area contributed by atoms with Crippen LogP contribution < -0.4 is 0 Å². The fraction of sp³-hybridized carbons (Fsp3) is 0. The third-order valence-electron chi connectivity index (χ3n) is 3.68. The predicted octanol–water partition coefficient (Wildman–Crippen LogP) is 4.66. The van der Waals surface area contributed by atoms with Crippen molar-refractivity contribution in [1.29, 1.82) is 0 Å².